The Bertz CT molecular complexity index is 1120. The number of anilines is 1. The lowest BCUT2D eigenvalue weighted by Crippen LogP contribution is -2.50. The first-order chi connectivity index (χ1) is 17.0. The van der Waals surface area contributed by atoms with Crippen molar-refractivity contribution in [1.82, 2.24) is 10.2 Å². The first-order valence-electron chi connectivity index (χ1n) is 11.9. The predicted molar refractivity (Wildman–Crippen MR) is 139 cm³/mol. The Morgan fingerprint density at radius 2 is 1.78 bits per heavy atom. The third kappa shape index (κ3) is 8.51. The van der Waals surface area contributed by atoms with Crippen LogP contribution in [-0.4, -0.2) is 57.1 Å². The van der Waals surface area contributed by atoms with Gasteiger partial charge in [0.25, 0.3) is 0 Å². The zero-order valence-corrected chi connectivity index (χ0v) is 22.3. The van der Waals surface area contributed by atoms with Gasteiger partial charge in [0, 0.05) is 25.6 Å². The summed E-state index contributed by atoms with van der Waals surface area (Å²) >= 11 is 0. The lowest BCUT2D eigenvalue weighted by molar-refractivity contribution is -0.141. The summed E-state index contributed by atoms with van der Waals surface area (Å²) in [5.74, 6) is -0.340. The van der Waals surface area contributed by atoms with Gasteiger partial charge in [0.05, 0.1) is 19.1 Å². The molecule has 10 heteroatoms. The van der Waals surface area contributed by atoms with Crippen LogP contribution in [0.3, 0.4) is 0 Å². The van der Waals surface area contributed by atoms with E-state index in [9.17, 15) is 22.4 Å². The Morgan fingerprint density at radius 1 is 1.11 bits per heavy atom. The maximum Gasteiger partial charge on any atom is 0.243 e. The normalized spacial score (nSPS) is 12.2. The molecular weight excluding hydrogens is 485 g/mol. The van der Waals surface area contributed by atoms with E-state index >= 15 is 0 Å². The molecular formula is C26H36FN3O5S. The van der Waals surface area contributed by atoms with Crippen LogP contribution in [0.5, 0.6) is 5.75 Å². The maximum absolute atomic E-state index is 13.4. The van der Waals surface area contributed by atoms with Gasteiger partial charge in [-0.25, -0.2) is 12.8 Å². The molecule has 0 aliphatic heterocycles. The topological polar surface area (TPSA) is 96.0 Å². The van der Waals surface area contributed by atoms with Crippen molar-refractivity contribution in [1.29, 1.82) is 0 Å². The number of rotatable bonds is 13. The number of amides is 2. The minimum Gasteiger partial charge on any atom is -0.497 e. The number of carbonyl (C=O) groups excluding carboxylic acids is 2. The Kier molecular flexibility index (Phi) is 10.7. The number of nitrogens with zero attached hydrogens (tertiary/aromatic N) is 2. The molecule has 2 aromatic carbocycles. The number of sulfonamides is 1. The highest BCUT2D eigenvalue weighted by Crippen LogP contribution is 2.21. The summed E-state index contributed by atoms with van der Waals surface area (Å²) in [5.41, 5.74) is 1.13. The molecule has 198 valence electrons. The fourth-order valence-corrected chi connectivity index (χ4v) is 4.84. The van der Waals surface area contributed by atoms with Gasteiger partial charge in [-0.2, -0.15) is 0 Å². The Labute approximate surface area is 213 Å². The largest absolute Gasteiger partial charge is 0.497 e. The van der Waals surface area contributed by atoms with E-state index in [1.807, 2.05) is 39.0 Å². The first kappa shape index (κ1) is 29.1. The monoisotopic (exact) mass is 521 g/mol. The highest BCUT2D eigenvalue weighted by atomic mass is 32.2. The highest BCUT2D eigenvalue weighted by Gasteiger charge is 2.29. The van der Waals surface area contributed by atoms with Crippen molar-refractivity contribution >= 4 is 27.5 Å². The molecule has 1 atom stereocenters. The predicted octanol–water partition coefficient (Wildman–Crippen LogP) is 3.71. The molecule has 1 unspecified atom stereocenters. The van der Waals surface area contributed by atoms with E-state index in [1.54, 1.807) is 13.2 Å². The van der Waals surface area contributed by atoms with E-state index < -0.39 is 21.9 Å². The van der Waals surface area contributed by atoms with Crippen LogP contribution in [0.25, 0.3) is 0 Å². The molecule has 2 aromatic rings. The molecule has 36 heavy (non-hydrogen) atoms. The van der Waals surface area contributed by atoms with E-state index in [0.29, 0.717) is 17.9 Å². The molecule has 0 aromatic heterocycles. The number of ether oxygens (including phenoxy) is 1. The molecule has 0 fully saturated rings. The van der Waals surface area contributed by atoms with E-state index in [4.69, 9.17) is 4.74 Å². The van der Waals surface area contributed by atoms with E-state index in [1.165, 1.54) is 29.2 Å². The van der Waals surface area contributed by atoms with Crippen LogP contribution in [0.4, 0.5) is 10.1 Å². The second-order valence-corrected chi connectivity index (χ2v) is 10.8. The molecule has 1 N–H and O–H groups in total. The third-order valence-electron chi connectivity index (χ3n) is 5.57. The molecule has 0 heterocycles. The molecule has 0 radical (unpaired) electrons. The fourth-order valence-electron chi connectivity index (χ4n) is 3.88. The molecule has 2 rings (SSSR count). The van der Waals surface area contributed by atoms with Crippen LogP contribution >= 0.6 is 0 Å². The fraction of sp³-hybridized carbons (Fsp3) is 0.462. The zero-order chi connectivity index (χ0) is 26.9. The second-order valence-electron chi connectivity index (χ2n) is 8.88. The number of carbonyl (C=O) groups is 2. The Hall–Kier alpha value is -3.14. The minimum atomic E-state index is -3.65. The average Bonchev–Trinajstić information content (AvgIpc) is 2.81. The summed E-state index contributed by atoms with van der Waals surface area (Å²) < 4.78 is 44.4. The van der Waals surface area contributed by atoms with Crippen molar-refractivity contribution in [3.63, 3.8) is 0 Å². The molecule has 0 aliphatic carbocycles. The standard InChI is InChI=1S/C26H36FN3O5S/c1-6-24(26(32)28-19(2)3)29(18-20-9-7-10-23(17-20)35-4)25(31)11-8-16-30(36(5,33)34)22-14-12-21(27)13-15-22/h7,9-10,12-15,17,19,24H,6,8,11,16,18H2,1-5H3,(H,28,32). The summed E-state index contributed by atoms with van der Waals surface area (Å²) in [7, 11) is -2.09. The van der Waals surface area contributed by atoms with Gasteiger partial charge < -0.3 is 15.0 Å². The van der Waals surface area contributed by atoms with Crippen molar-refractivity contribution in [3.8, 4) is 5.75 Å². The minimum absolute atomic E-state index is 0.0304. The van der Waals surface area contributed by atoms with Crippen molar-refractivity contribution in [2.24, 2.45) is 0 Å². The van der Waals surface area contributed by atoms with Crippen molar-refractivity contribution in [2.75, 3.05) is 24.2 Å². The Morgan fingerprint density at radius 3 is 2.33 bits per heavy atom. The maximum atomic E-state index is 13.4. The van der Waals surface area contributed by atoms with Crippen molar-refractivity contribution < 1.29 is 27.1 Å². The van der Waals surface area contributed by atoms with Crippen LogP contribution in [0.2, 0.25) is 0 Å². The number of methoxy groups -OCH3 is 1. The van der Waals surface area contributed by atoms with Crippen LogP contribution in [0, 0.1) is 5.82 Å². The van der Waals surface area contributed by atoms with Gasteiger partial charge in [-0.3, -0.25) is 13.9 Å². The zero-order valence-electron chi connectivity index (χ0n) is 21.5. The van der Waals surface area contributed by atoms with Crippen LogP contribution in [-0.2, 0) is 26.2 Å². The van der Waals surface area contributed by atoms with Gasteiger partial charge in [-0.1, -0.05) is 19.1 Å². The number of hydrogen-bond donors (Lipinski definition) is 1. The first-order valence-corrected chi connectivity index (χ1v) is 13.8. The summed E-state index contributed by atoms with van der Waals surface area (Å²) in [5, 5.41) is 2.88. The van der Waals surface area contributed by atoms with Crippen LogP contribution in [0.15, 0.2) is 48.5 Å². The molecule has 8 nitrogen and oxygen atoms in total. The summed E-state index contributed by atoms with van der Waals surface area (Å²) in [6.45, 7) is 5.80. The average molecular weight is 522 g/mol. The Balaban J connectivity index is 2.23. The van der Waals surface area contributed by atoms with Crippen LogP contribution in [0.1, 0.15) is 45.6 Å². The van der Waals surface area contributed by atoms with Gasteiger partial charge >= 0.3 is 0 Å². The molecule has 0 spiro atoms. The molecule has 2 amide bonds. The lowest BCUT2D eigenvalue weighted by atomic mass is 10.1. The smallest absolute Gasteiger partial charge is 0.243 e. The molecule has 0 saturated carbocycles. The molecule has 0 aliphatic rings. The number of benzene rings is 2. The third-order valence-corrected chi connectivity index (χ3v) is 6.76. The number of hydrogen-bond acceptors (Lipinski definition) is 5. The SMILES string of the molecule is CCC(C(=O)NC(C)C)N(Cc1cccc(OC)c1)C(=O)CCCN(c1ccc(F)cc1)S(C)(=O)=O. The van der Waals surface area contributed by atoms with E-state index in [-0.39, 0.29) is 43.8 Å². The number of halogens is 1. The van der Waals surface area contributed by atoms with E-state index in [0.717, 1.165) is 16.1 Å². The van der Waals surface area contributed by atoms with Crippen molar-refractivity contribution in [3.05, 3.63) is 59.9 Å². The van der Waals surface area contributed by atoms with Gasteiger partial charge in [-0.05, 0) is 68.7 Å². The summed E-state index contributed by atoms with van der Waals surface area (Å²) in [6, 6.07) is 11.7. The number of nitrogens with one attached hydrogen (secondary N) is 1. The van der Waals surface area contributed by atoms with Gasteiger partial charge in [0.15, 0.2) is 0 Å². The summed E-state index contributed by atoms with van der Waals surface area (Å²) in [4.78, 5) is 27.9. The highest BCUT2D eigenvalue weighted by molar-refractivity contribution is 7.92. The van der Waals surface area contributed by atoms with Gasteiger partial charge in [-0.15, -0.1) is 0 Å². The lowest BCUT2D eigenvalue weighted by Gasteiger charge is -2.31. The van der Waals surface area contributed by atoms with Crippen LogP contribution < -0.4 is 14.4 Å². The van der Waals surface area contributed by atoms with Gasteiger partial charge in [0.1, 0.15) is 17.6 Å². The van der Waals surface area contributed by atoms with Crippen molar-refractivity contribution in [2.45, 2.75) is 58.7 Å². The summed E-state index contributed by atoms with van der Waals surface area (Å²) in [6.07, 6.45) is 1.73. The van der Waals surface area contributed by atoms with E-state index in [2.05, 4.69) is 5.32 Å². The second kappa shape index (κ2) is 13.2. The van der Waals surface area contributed by atoms with Gasteiger partial charge in [0.2, 0.25) is 21.8 Å². The molecule has 0 bridgehead atoms. The molecule has 0 saturated heterocycles. The quantitative estimate of drug-likeness (QED) is 0.434.